The molecule has 2 N–H and O–H groups in total. The van der Waals surface area contributed by atoms with Gasteiger partial charge in [-0.05, 0) is 30.0 Å². The van der Waals surface area contributed by atoms with Gasteiger partial charge in [-0.1, -0.05) is 40.2 Å². The van der Waals surface area contributed by atoms with Crippen molar-refractivity contribution >= 4 is 11.9 Å². The second kappa shape index (κ2) is 10.8. The monoisotopic (exact) mass is 431 g/mol. The van der Waals surface area contributed by atoms with Crippen LogP contribution in [0.3, 0.4) is 0 Å². The van der Waals surface area contributed by atoms with Gasteiger partial charge in [-0.2, -0.15) is 5.10 Å². The van der Waals surface area contributed by atoms with Crippen molar-refractivity contribution in [2.45, 2.75) is 53.1 Å². The number of benzene rings is 1. The van der Waals surface area contributed by atoms with E-state index in [1.165, 1.54) is 0 Å². The molecule has 1 aromatic heterocycles. The van der Waals surface area contributed by atoms with Gasteiger partial charge in [-0.15, -0.1) is 0 Å². The van der Waals surface area contributed by atoms with Gasteiger partial charge in [-0.3, -0.25) is 14.3 Å². The van der Waals surface area contributed by atoms with Crippen LogP contribution in [0.25, 0.3) is 11.3 Å². The molecule has 1 aromatic carbocycles. The smallest absolute Gasteiger partial charge is 0.305 e. The van der Waals surface area contributed by atoms with Gasteiger partial charge in [0.1, 0.15) is 11.5 Å². The first-order chi connectivity index (χ1) is 14.7. The lowest BCUT2D eigenvalue weighted by atomic mass is 10.0. The van der Waals surface area contributed by atoms with Crippen molar-refractivity contribution in [3.05, 3.63) is 30.0 Å². The summed E-state index contributed by atoms with van der Waals surface area (Å²) in [6.07, 6.45) is 0.808. The maximum absolute atomic E-state index is 13.0. The van der Waals surface area contributed by atoms with Gasteiger partial charge in [-0.25, -0.2) is 0 Å². The van der Waals surface area contributed by atoms with Crippen LogP contribution in [0.5, 0.6) is 11.5 Å². The molecule has 2 atom stereocenters. The van der Waals surface area contributed by atoms with Crippen LogP contribution in [-0.2, 0) is 11.3 Å². The van der Waals surface area contributed by atoms with Gasteiger partial charge < -0.3 is 19.9 Å². The molecule has 0 aliphatic heterocycles. The minimum Gasteiger partial charge on any atom is -0.496 e. The van der Waals surface area contributed by atoms with Crippen LogP contribution in [-0.4, -0.2) is 47.0 Å². The number of nitrogens with one attached hydrogen (secondary N) is 1. The minimum absolute atomic E-state index is 0.0315. The molecule has 8 heteroatoms. The van der Waals surface area contributed by atoms with Crippen LogP contribution in [0, 0.1) is 11.8 Å². The highest BCUT2D eigenvalue weighted by Crippen LogP contribution is 2.38. The normalized spacial score (nSPS) is 13.0. The molecule has 2 aromatic rings. The number of hydrogen-bond acceptors (Lipinski definition) is 5. The van der Waals surface area contributed by atoms with Crippen molar-refractivity contribution in [3.8, 4) is 22.8 Å². The Balaban J connectivity index is 2.51. The molecular formula is C23H33N3O5. The lowest BCUT2D eigenvalue weighted by Gasteiger charge is -2.19. The molecule has 0 aliphatic rings. The maximum atomic E-state index is 13.0. The number of rotatable bonds is 11. The molecule has 1 amide bonds. The predicted octanol–water partition coefficient (Wildman–Crippen LogP) is 3.84. The SMILES string of the molecule is CCC(C)Cn1nc(C(=O)NC(CC(=O)O)C(C)C)cc1-c1c(OC)cccc1OC. The first-order valence-electron chi connectivity index (χ1n) is 10.5. The Kier molecular flexibility index (Phi) is 8.47. The van der Waals surface area contributed by atoms with Gasteiger partial charge in [0.05, 0.1) is 31.9 Å². The van der Waals surface area contributed by atoms with Crippen LogP contribution in [0.2, 0.25) is 0 Å². The zero-order valence-electron chi connectivity index (χ0n) is 19.1. The largest absolute Gasteiger partial charge is 0.496 e. The number of hydrogen-bond donors (Lipinski definition) is 2. The molecule has 0 fully saturated rings. The number of ether oxygens (including phenoxy) is 2. The van der Waals surface area contributed by atoms with E-state index in [0.29, 0.717) is 35.2 Å². The number of carbonyl (C=O) groups is 2. The summed E-state index contributed by atoms with van der Waals surface area (Å²) >= 11 is 0. The summed E-state index contributed by atoms with van der Waals surface area (Å²) in [6, 6.07) is 6.72. The molecule has 2 rings (SSSR count). The molecule has 0 aliphatic carbocycles. The Morgan fingerprint density at radius 2 is 1.77 bits per heavy atom. The number of aliphatic carboxylic acids is 1. The zero-order chi connectivity index (χ0) is 23.1. The lowest BCUT2D eigenvalue weighted by Crippen LogP contribution is -2.40. The van der Waals surface area contributed by atoms with Crippen LogP contribution in [0.1, 0.15) is 51.0 Å². The number of methoxy groups -OCH3 is 2. The molecule has 2 unspecified atom stereocenters. The Labute approximate surface area is 183 Å². The van der Waals surface area contributed by atoms with Crippen LogP contribution >= 0.6 is 0 Å². The van der Waals surface area contributed by atoms with E-state index < -0.39 is 17.9 Å². The Morgan fingerprint density at radius 3 is 2.26 bits per heavy atom. The van der Waals surface area contributed by atoms with Crippen molar-refractivity contribution in [1.82, 2.24) is 15.1 Å². The summed E-state index contributed by atoms with van der Waals surface area (Å²) in [6.45, 7) is 8.58. The van der Waals surface area contributed by atoms with Gasteiger partial charge >= 0.3 is 5.97 Å². The summed E-state index contributed by atoms with van der Waals surface area (Å²) < 4.78 is 12.9. The van der Waals surface area contributed by atoms with E-state index >= 15 is 0 Å². The predicted molar refractivity (Wildman–Crippen MR) is 119 cm³/mol. The van der Waals surface area contributed by atoms with Gasteiger partial charge in [0, 0.05) is 12.6 Å². The fourth-order valence-electron chi connectivity index (χ4n) is 3.28. The van der Waals surface area contributed by atoms with Crippen molar-refractivity contribution in [1.29, 1.82) is 0 Å². The van der Waals surface area contributed by atoms with Crippen LogP contribution < -0.4 is 14.8 Å². The zero-order valence-corrected chi connectivity index (χ0v) is 19.1. The molecule has 0 spiro atoms. The fraction of sp³-hybridized carbons (Fsp3) is 0.522. The van der Waals surface area contributed by atoms with E-state index in [-0.39, 0.29) is 18.0 Å². The average Bonchev–Trinajstić information content (AvgIpc) is 3.15. The third kappa shape index (κ3) is 5.99. The number of carbonyl (C=O) groups excluding carboxylic acids is 1. The van der Waals surface area contributed by atoms with Gasteiger partial charge in [0.2, 0.25) is 0 Å². The van der Waals surface area contributed by atoms with E-state index in [0.717, 1.165) is 6.42 Å². The Morgan fingerprint density at radius 1 is 1.16 bits per heavy atom. The van der Waals surface area contributed by atoms with Gasteiger partial charge in [0.15, 0.2) is 5.69 Å². The van der Waals surface area contributed by atoms with Crippen molar-refractivity contribution in [2.75, 3.05) is 14.2 Å². The van der Waals surface area contributed by atoms with E-state index in [4.69, 9.17) is 14.6 Å². The first kappa shape index (κ1) is 24.2. The first-order valence-corrected chi connectivity index (χ1v) is 10.5. The third-order valence-corrected chi connectivity index (χ3v) is 5.39. The average molecular weight is 432 g/mol. The summed E-state index contributed by atoms with van der Waals surface area (Å²) in [5, 5.41) is 16.5. The summed E-state index contributed by atoms with van der Waals surface area (Å²) in [7, 11) is 3.17. The summed E-state index contributed by atoms with van der Waals surface area (Å²) in [5.74, 6) is 0.172. The molecule has 0 bridgehead atoms. The molecule has 0 radical (unpaired) electrons. The molecule has 31 heavy (non-hydrogen) atoms. The summed E-state index contributed by atoms with van der Waals surface area (Å²) in [5.41, 5.74) is 1.65. The number of carboxylic acids is 1. The molecule has 1 heterocycles. The standard InChI is InChI=1S/C23H33N3O5/c1-7-15(4)13-26-18(22-19(30-5)9-8-10-20(22)31-6)11-17(25-26)23(29)24-16(14(2)3)12-21(27)28/h8-11,14-16H,7,12-13H2,1-6H3,(H,24,29)(H,27,28). The number of amides is 1. The Bertz CT molecular complexity index is 884. The van der Waals surface area contributed by atoms with E-state index in [9.17, 15) is 9.59 Å². The molecule has 170 valence electrons. The molecular weight excluding hydrogens is 398 g/mol. The van der Waals surface area contributed by atoms with Gasteiger partial charge in [0.25, 0.3) is 5.91 Å². The second-order valence-electron chi connectivity index (χ2n) is 8.07. The van der Waals surface area contributed by atoms with E-state index in [1.54, 1.807) is 25.0 Å². The van der Waals surface area contributed by atoms with E-state index in [2.05, 4.69) is 24.3 Å². The molecule has 0 saturated carbocycles. The van der Waals surface area contributed by atoms with Crippen molar-refractivity contribution in [2.24, 2.45) is 11.8 Å². The second-order valence-corrected chi connectivity index (χ2v) is 8.07. The summed E-state index contributed by atoms with van der Waals surface area (Å²) in [4.78, 5) is 24.1. The maximum Gasteiger partial charge on any atom is 0.305 e. The van der Waals surface area contributed by atoms with Crippen molar-refractivity contribution in [3.63, 3.8) is 0 Å². The number of nitrogens with zero attached hydrogens (tertiary/aromatic N) is 2. The highest BCUT2D eigenvalue weighted by molar-refractivity contribution is 5.94. The topological polar surface area (TPSA) is 103 Å². The lowest BCUT2D eigenvalue weighted by molar-refractivity contribution is -0.137. The van der Waals surface area contributed by atoms with Crippen LogP contribution in [0.4, 0.5) is 0 Å². The Hall–Kier alpha value is -3.03. The number of carboxylic acid groups (broad SMARTS) is 1. The highest BCUT2D eigenvalue weighted by Gasteiger charge is 2.25. The van der Waals surface area contributed by atoms with Crippen molar-refractivity contribution < 1.29 is 24.2 Å². The highest BCUT2D eigenvalue weighted by atomic mass is 16.5. The van der Waals surface area contributed by atoms with E-state index in [1.807, 2.05) is 32.0 Å². The van der Waals surface area contributed by atoms with Crippen LogP contribution in [0.15, 0.2) is 24.3 Å². The third-order valence-electron chi connectivity index (χ3n) is 5.39. The fourth-order valence-corrected chi connectivity index (χ4v) is 3.28. The quantitative estimate of drug-likeness (QED) is 0.560. The minimum atomic E-state index is -0.958. The molecule has 0 saturated heterocycles. The number of aromatic nitrogens is 2. The molecule has 8 nitrogen and oxygen atoms in total.